The molecule has 2 N–H and O–H groups in total. The van der Waals surface area contributed by atoms with Gasteiger partial charge in [0.25, 0.3) is 0 Å². The van der Waals surface area contributed by atoms with Crippen LogP contribution in [0.2, 0.25) is 0 Å². The highest BCUT2D eigenvalue weighted by Gasteiger charge is 2.27. The van der Waals surface area contributed by atoms with E-state index in [4.69, 9.17) is 0 Å². The molecular weight excluding hydrogens is 360 g/mol. The van der Waals surface area contributed by atoms with Gasteiger partial charge in [-0.3, -0.25) is 4.98 Å². The van der Waals surface area contributed by atoms with Crippen LogP contribution >= 0.6 is 0 Å². The van der Waals surface area contributed by atoms with Crippen molar-refractivity contribution >= 4 is 22.5 Å². The lowest BCUT2D eigenvalue weighted by molar-refractivity contribution is 0.248. The second-order valence-electron chi connectivity index (χ2n) is 7.33. The third kappa shape index (κ3) is 3.81. The molecule has 1 fully saturated rings. The molecule has 1 heterocycles. The van der Waals surface area contributed by atoms with Crippen LogP contribution in [0.15, 0.2) is 48.7 Å². The molecule has 0 radical (unpaired) electrons. The summed E-state index contributed by atoms with van der Waals surface area (Å²) >= 11 is 0. The lowest BCUT2D eigenvalue weighted by Gasteiger charge is -2.16. The Labute approximate surface area is 162 Å². The van der Waals surface area contributed by atoms with Crippen LogP contribution in [0.4, 0.5) is 19.3 Å². The van der Waals surface area contributed by atoms with Gasteiger partial charge in [-0.1, -0.05) is 12.1 Å². The molecule has 0 saturated heterocycles. The Kier molecular flexibility index (Phi) is 4.94. The Morgan fingerprint density at radius 1 is 1.14 bits per heavy atom. The van der Waals surface area contributed by atoms with Gasteiger partial charge in [0.1, 0.15) is 11.6 Å². The van der Waals surface area contributed by atoms with E-state index in [9.17, 15) is 13.6 Å². The van der Waals surface area contributed by atoms with Crippen LogP contribution in [0.1, 0.15) is 36.4 Å². The summed E-state index contributed by atoms with van der Waals surface area (Å²) < 4.78 is 27.8. The lowest BCUT2D eigenvalue weighted by atomic mass is 9.97. The van der Waals surface area contributed by atoms with Gasteiger partial charge in [0.05, 0.1) is 5.69 Å². The molecule has 3 aromatic rings. The molecule has 4 rings (SSSR count). The first-order valence-corrected chi connectivity index (χ1v) is 9.37. The lowest BCUT2D eigenvalue weighted by Crippen LogP contribution is -2.36. The molecule has 2 amide bonds. The third-order valence-corrected chi connectivity index (χ3v) is 5.32. The van der Waals surface area contributed by atoms with Crippen molar-refractivity contribution in [3.8, 4) is 0 Å². The van der Waals surface area contributed by atoms with E-state index >= 15 is 0 Å². The number of nitrogens with one attached hydrogen (secondary N) is 2. The number of nitrogens with zero attached hydrogens (tertiary/aromatic N) is 1. The molecule has 0 spiro atoms. The summed E-state index contributed by atoms with van der Waals surface area (Å²) in [6.07, 6.45) is 4.07. The summed E-state index contributed by atoms with van der Waals surface area (Å²) in [6, 6.07) is 10.8. The number of urea groups is 1. The van der Waals surface area contributed by atoms with Crippen LogP contribution in [0.3, 0.4) is 0 Å². The van der Waals surface area contributed by atoms with E-state index in [1.165, 1.54) is 12.1 Å². The van der Waals surface area contributed by atoms with Crippen LogP contribution in [-0.4, -0.2) is 17.1 Å². The summed E-state index contributed by atoms with van der Waals surface area (Å²) in [6.45, 7) is 1.82. The van der Waals surface area contributed by atoms with Gasteiger partial charge in [-0.05, 0) is 68.0 Å². The minimum atomic E-state index is -0.489. The van der Waals surface area contributed by atoms with E-state index in [1.54, 1.807) is 30.5 Å². The fourth-order valence-electron chi connectivity index (χ4n) is 3.93. The van der Waals surface area contributed by atoms with Crippen molar-refractivity contribution in [2.45, 2.75) is 38.1 Å². The van der Waals surface area contributed by atoms with Gasteiger partial charge in [-0.2, -0.15) is 0 Å². The Bertz CT molecular complexity index is 1030. The maximum Gasteiger partial charge on any atom is 0.319 e. The van der Waals surface area contributed by atoms with Crippen LogP contribution in [-0.2, 0) is 0 Å². The van der Waals surface area contributed by atoms with Crippen LogP contribution in [0.5, 0.6) is 0 Å². The summed E-state index contributed by atoms with van der Waals surface area (Å²) in [5, 5.41) is 6.96. The number of rotatable bonds is 3. The zero-order valence-corrected chi connectivity index (χ0v) is 15.5. The Morgan fingerprint density at radius 3 is 2.82 bits per heavy atom. The van der Waals surface area contributed by atoms with E-state index in [0.717, 1.165) is 35.9 Å². The number of carbonyl (C=O) groups excluding carboxylic acids is 1. The number of fused-ring (bicyclic) bond motifs is 1. The number of aryl methyl sites for hydroxylation is 1. The monoisotopic (exact) mass is 381 g/mol. The Balaban J connectivity index is 1.45. The van der Waals surface area contributed by atoms with Crippen molar-refractivity contribution < 1.29 is 13.6 Å². The predicted molar refractivity (Wildman–Crippen MR) is 105 cm³/mol. The summed E-state index contributed by atoms with van der Waals surface area (Å²) in [7, 11) is 0. The van der Waals surface area contributed by atoms with Crippen molar-refractivity contribution in [1.82, 2.24) is 10.3 Å². The molecule has 1 aromatic heterocycles. The highest BCUT2D eigenvalue weighted by atomic mass is 19.1. The number of hydrogen-bond acceptors (Lipinski definition) is 2. The topological polar surface area (TPSA) is 54.0 Å². The number of halogens is 2. The van der Waals surface area contributed by atoms with Gasteiger partial charge in [0.15, 0.2) is 0 Å². The molecule has 144 valence electrons. The fraction of sp³-hybridized carbons (Fsp3) is 0.273. The quantitative estimate of drug-likeness (QED) is 0.649. The number of carbonyl (C=O) groups is 1. The van der Waals surface area contributed by atoms with Gasteiger partial charge in [-0.15, -0.1) is 0 Å². The van der Waals surface area contributed by atoms with E-state index in [0.29, 0.717) is 5.39 Å². The first-order chi connectivity index (χ1) is 13.5. The van der Waals surface area contributed by atoms with Crippen molar-refractivity contribution in [2.24, 2.45) is 0 Å². The molecular formula is C22H21F2N3O. The number of benzene rings is 2. The number of amides is 2. The molecule has 0 bridgehead atoms. The molecule has 1 aliphatic rings. The van der Waals surface area contributed by atoms with Gasteiger partial charge < -0.3 is 10.6 Å². The fourth-order valence-corrected chi connectivity index (χ4v) is 3.93. The second kappa shape index (κ2) is 7.54. The second-order valence-corrected chi connectivity index (χ2v) is 7.33. The largest absolute Gasteiger partial charge is 0.335 e. The standard InChI is InChI=1S/C22H21F2N3O/c1-13-9-19-16(12-25-13)6-8-20(24)21(19)27-22(28)26-18-7-5-15(11-18)14-3-2-4-17(23)10-14/h2-4,6,8-10,12,15,18H,5,7,11H2,1H3,(H2,26,27,28)/t15-,18+/m0/s1. The third-order valence-electron chi connectivity index (χ3n) is 5.32. The first-order valence-electron chi connectivity index (χ1n) is 9.37. The van der Waals surface area contributed by atoms with Crippen molar-refractivity contribution in [3.63, 3.8) is 0 Å². The van der Waals surface area contributed by atoms with E-state index in [1.807, 2.05) is 13.0 Å². The maximum atomic E-state index is 14.3. The number of aromatic nitrogens is 1. The van der Waals surface area contributed by atoms with E-state index < -0.39 is 11.8 Å². The van der Waals surface area contributed by atoms with Crippen molar-refractivity contribution in [1.29, 1.82) is 0 Å². The molecule has 4 nitrogen and oxygen atoms in total. The average molecular weight is 381 g/mol. The van der Waals surface area contributed by atoms with Gasteiger partial charge in [-0.25, -0.2) is 13.6 Å². The predicted octanol–water partition coefficient (Wildman–Crippen LogP) is 5.28. The van der Waals surface area contributed by atoms with Gasteiger partial charge in [0.2, 0.25) is 0 Å². The highest BCUT2D eigenvalue weighted by Crippen LogP contribution is 2.35. The van der Waals surface area contributed by atoms with E-state index in [-0.39, 0.29) is 23.5 Å². The number of hydrogen-bond donors (Lipinski definition) is 2. The highest BCUT2D eigenvalue weighted by molar-refractivity contribution is 6.01. The first kappa shape index (κ1) is 18.3. The van der Waals surface area contributed by atoms with Gasteiger partial charge >= 0.3 is 6.03 Å². The minimum Gasteiger partial charge on any atom is -0.335 e. The summed E-state index contributed by atoms with van der Waals surface area (Å²) in [5.74, 6) is -0.524. The van der Waals surface area contributed by atoms with E-state index in [2.05, 4.69) is 15.6 Å². The van der Waals surface area contributed by atoms with Crippen molar-refractivity contribution in [2.75, 3.05) is 5.32 Å². The maximum absolute atomic E-state index is 14.3. The smallest absolute Gasteiger partial charge is 0.319 e. The SMILES string of the molecule is Cc1cc2c(NC(=O)N[C@@H]3CC[C@H](c4cccc(F)c4)C3)c(F)ccc2cn1. The van der Waals surface area contributed by atoms with Crippen LogP contribution in [0.25, 0.3) is 10.8 Å². The molecule has 1 aliphatic carbocycles. The van der Waals surface area contributed by atoms with Crippen LogP contribution in [0, 0.1) is 18.6 Å². The van der Waals surface area contributed by atoms with Crippen LogP contribution < -0.4 is 10.6 Å². The molecule has 0 aliphatic heterocycles. The summed E-state index contributed by atoms with van der Waals surface area (Å²) in [4.78, 5) is 16.7. The minimum absolute atomic E-state index is 0.0327. The molecule has 1 saturated carbocycles. The Morgan fingerprint density at radius 2 is 2.00 bits per heavy atom. The normalized spacial score (nSPS) is 19.0. The number of anilines is 1. The molecule has 2 aromatic carbocycles. The number of pyridine rings is 1. The molecule has 2 atom stereocenters. The molecule has 6 heteroatoms. The average Bonchev–Trinajstić information content (AvgIpc) is 3.12. The molecule has 0 unspecified atom stereocenters. The zero-order chi connectivity index (χ0) is 19.7. The Hall–Kier alpha value is -3.02. The van der Waals surface area contributed by atoms with Gasteiger partial charge in [0, 0.05) is 28.7 Å². The zero-order valence-electron chi connectivity index (χ0n) is 15.5. The summed E-state index contributed by atoms with van der Waals surface area (Å²) in [5.41, 5.74) is 1.85. The molecule has 28 heavy (non-hydrogen) atoms. The van der Waals surface area contributed by atoms with Crippen molar-refractivity contribution in [3.05, 3.63) is 71.6 Å².